The van der Waals surface area contributed by atoms with Crippen LogP contribution in [0, 0.1) is 0 Å². The predicted molar refractivity (Wildman–Crippen MR) is 99.7 cm³/mol. The summed E-state index contributed by atoms with van der Waals surface area (Å²) in [7, 11) is 0. The molecule has 1 aliphatic heterocycles. The summed E-state index contributed by atoms with van der Waals surface area (Å²) in [6.45, 7) is 4.10. The van der Waals surface area contributed by atoms with Crippen LogP contribution < -0.4 is 0 Å². The molecule has 0 aliphatic carbocycles. The highest BCUT2D eigenvalue weighted by molar-refractivity contribution is 6.30. The number of phenolic OH excluding ortho intramolecular Hbond substituents is 1. The molecule has 0 bridgehead atoms. The van der Waals surface area contributed by atoms with Crippen LogP contribution in [0.3, 0.4) is 0 Å². The minimum absolute atomic E-state index is 0.158. The van der Waals surface area contributed by atoms with E-state index in [1.807, 2.05) is 35.2 Å². The third-order valence-corrected chi connectivity index (χ3v) is 4.86. The fourth-order valence-corrected chi connectivity index (χ4v) is 3.38. The molecule has 0 unspecified atom stereocenters. The second-order valence-electron chi connectivity index (χ2n) is 6.42. The Morgan fingerprint density at radius 1 is 1.04 bits per heavy atom. The number of phenols is 1. The van der Waals surface area contributed by atoms with E-state index in [4.69, 9.17) is 11.6 Å². The van der Waals surface area contributed by atoms with Crippen molar-refractivity contribution in [1.82, 2.24) is 9.80 Å². The molecular formula is C20H23ClN2O2. The van der Waals surface area contributed by atoms with Crippen LogP contribution in [-0.2, 0) is 17.8 Å². The van der Waals surface area contributed by atoms with Crippen LogP contribution in [0.15, 0.2) is 48.5 Å². The van der Waals surface area contributed by atoms with E-state index in [1.54, 1.807) is 12.1 Å². The quantitative estimate of drug-likeness (QED) is 0.891. The highest BCUT2D eigenvalue weighted by Gasteiger charge is 2.21. The van der Waals surface area contributed by atoms with Gasteiger partial charge in [0.25, 0.3) is 0 Å². The summed E-state index contributed by atoms with van der Waals surface area (Å²) >= 11 is 6.03. The van der Waals surface area contributed by atoms with E-state index >= 15 is 0 Å². The van der Waals surface area contributed by atoms with Crippen molar-refractivity contribution in [2.24, 2.45) is 0 Å². The van der Waals surface area contributed by atoms with Gasteiger partial charge in [0.05, 0.1) is 0 Å². The van der Waals surface area contributed by atoms with Gasteiger partial charge in [-0.3, -0.25) is 9.69 Å². The first-order valence-corrected chi connectivity index (χ1v) is 9.01. The lowest BCUT2D eigenvalue weighted by molar-refractivity contribution is -0.133. The van der Waals surface area contributed by atoms with Crippen molar-refractivity contribution in [3.05, 3.63) is 64.7 Å². The average Bonchev–Trinajstić information content (AvgIpc) is 2.61. The number of aromatic hydroxyl groups is 1. The van der Waals surface area contributed by atoms with Gasteiger partial charge in [0.2, 0.25) is 5.91 Å². The molecule has 4 nitrogen and oxygen atoms in total. The third kappa shape index (κ3) is 4.97. The maximum atomic E-state index is 12.4. The van der Waals surface area contributed by atoms with Gasteiger partial charge in [0.1, 0.15) is 5.75 Å². The van der Waals surface area contributed by atoms with Crippen molar-refractivity contribution in [1.29, 1.82) is 0 Å². The van der Waals surface area contributed by atoms with E-state index in [-0.39, 0.29) is 11.7 Å². The summed E-state index contributed by atoms with van der Waals surface area (Å²) in [4.78, 5) is 16.7. The normalized spacial score (nSPS) is 15.3. The Balaban J connectivity index is 1.45. The van der Waals surface area contributed by atoms with Crippen LogP contribution in [0.25, 0.3) is 0 Å². The fourth-order valence-electron chi connectivity index (χ4n) is 3.17. The molecule has 2 aromatic rings. The molecule has 1 fully saturated rings. The Morgan fingerprint density at radius 3 is 2.52 bits per heavy atom. The third-order valence-electron chi connectivity index (χ3n) is 4.62. The van der Waals surface area contributed by atoms with E-state index in [2.05, 4.69) is 11.0 Å². The van der Waals surface area contributed by atoms with E-state index in [0.717, 1.165) is 43.3 Å². The number of rotatable bonds is 5. The van der Waals surface area contributed by atoms with Crippen LogP contribution in [0.1, 0.15) is 17.5 Å². The van der Waals surface area contributed by atoms with Crippen LogP contribution in [0.2, 0.25) is 5.02 Å². The van der Waals surface area contributed by atoms with Gasteiger partial charge in [-0.05, 0) is 35.7 Å². The van der Waals surface area contributed by atoms with Crippen molar-refractivity contribution in [3.8, 4) is 5.75 Å². The van der Waals surface area contributed by atoms with Crippen molar-refractivity contribution in [2.45, 2.75) is 19.4 Å². The smallest absolute Gasteiger partial charge is 0.222 e. The molecule has 0 aromatic heterocycles. The Morgan fingerprint density at radius 2 is 1.80 bits per heavy atom. The molecule has 0 saturated carbocycles. The van der Waals surface area contributed by atoms with E-state index in [0.29, 0.717) is 12.8 Å². The van der Waals surface area contributed by atoms with Gasteiger partial charge in [0, 0.05) is 44.2 Å². The summed E-state index contributed by atoms with van der Waals surface area (Å²) in [5.74, 6) is 0.423. The zero-order chi connectivity index (χ0) is 17.6. The summed E-state index contributed by atoms with van der Waals surface area (Å²) in [5.41, 5.74) is 2.03. The maximum Gasteiger partial charge on any atom is 0.222 e. The number of halogens is 1. The number of carbonyl (C=O) groups is 1. The second-order valence-corrected chi connectivity index (χ2v) is 6.85. The first kappa shape index (κ1) is 17.8. The molecule has 25 heavy (non-hydrogen) atoms. The Bertz CT molecular complexity index is 727. The minimum atomic E-state index is 0.158. The van der Waals surface area contributed by atoms with Gasteiger partial charge in [-0.2, -0.15) is 0 Å². The van der Waals surface area contributed by atoms with Gasteiger partial charge in [-0.25, -0.2) is 0 Å². The number of para-hydroxylation sites is 1. The Hall–Kier alpha value is -2.04. The fraction of sp³-hybridized carbons (Fsp3) is 0.350. The summed E-state index contributed by atoms with van der Waals surface area (Å²) in [6.07, 6.45) is 1.01. The molecule has 1 saturated heterocycles. The molecule has 1 N–H and O–H groups in total. The minimum Gasteiger partial charge on any atom is -0.508 e. The van der Waals surface area contributed by atoms with Crippen molar-refractivity contribution >= 4 is 17.5 Å². The lowest BCUT2D eigenvalue weighted by atomic mass is 10.1. The topological polar surface area (TPSA) is 43.8 Å². The SMILES string of the molecule is O=C(CCc1ccccc1O)N1CCN(Cc2cccc(Cl)c2)CC1. The number of piperazine rings is 1. The molecule has 2 aromatic carbocycles. The van der Waals surface area contributed by atoms with E-state index < -0.39 is 0 Å². The standard InChI is InChI=1S/C20H23ClN2O2/c21-18-6-3-4-16(14-18)15-22-10-12-23(13-11-22)20(25)9-8-17-5-1-2-7-19(17)24/h1-7,14,24H,8-13,15H2. The second kappa shape index (κ2) is 8.37. The number of benzene rings is 2. The molecule has 0 radical (unpaired) electrons. The van der Waals surface area contributed by atoms with Crippen LogP contribution in [0.4, 0.5) is 0 Å². The molecule has 132 valence electrons. The molecule has 0 atom stereocenters. The van der Waals surface area contributed by atoms with E-state index in [9.17, 15) is 9.90 Å². The zero-order valence-corrected chi connectivity index (χ0v) is 15.0. The van der Waals surface area contributed by atoms with E-state index in [1.165, 1.54) is 5.56 Å². The first-order chi connectivity index (χ1) is 12.1. The predicted octanol–water partition coefficient (Wildman–Crippen LogP) is 3.32. The molecule has 5 heteroatoms. The van der Waals surface area contributed by atoms with Gasteiger partial charge in [0.15, 0.2) is 0 Å². The van der Waals surface area contributed by atoms with Gasteiger partial charge < -0.3 is 10.0 Å². The van der Waals surface area contributed by atoms with Crippen LogP contribution >= 0.6 is 11.6 Å². The van der Waals surface area contributed by atoms with Crippen molar-refractivity contribution < 1.29 is 9.90 Å². The molecular weight excluding hydrogens is 336 g/mol. The monoisotopic (exact) mass is 358 g/mol. The summed E-state index contributed by atoms with van der Waals surface area (Å²) < 4.78 is 0. The molecule has 0 spiro atoms. The van der Waals surface area contributed by atoms with Crippen LogP contribution in [0.5, 0.6) is 5.75 Å². The average molecular weight is 359 g/mol. The van der Waals surface area contributed by atoms with Gasteiger partial charge >= 0.3 is 0 Å². The number of hydrogen-bond acceptors (Lipinski definition) is 3. The van der Waals surface area contributed by atoms with Crippen molar-refractivity contribution in [3.63, 3.8) is 0 Å². The molecule has 3 rings (SSSR count). The number of carbonyl (C=O) groups excluding carboxylic acids is 1. The molecule has 1 amide bonds. The summed E-state index contributed by atoms with van der Waals surface area (Å²) in [6, 6.07) is 15.1. The van der Waals surface area contributed by atoms with Crippen molar-refractivity contribution in [2.75, 3.05) is 26.2 Å². The number of amides is 1. The highest BCUT2D eigenvalue weighted by atomic mass is 35.5. The van der Waals surface area contributed by atoms with Gasteiger partial charge in [-0.1, -0.05) is 41.9 Å². The highest BCUT2D eigenvalue weighted by Crippen LogP contribution is 2.18. The van der Waals surface area contributed by atoms with Gasteiger partial charge in [-0.15, -0.1) is 0 Å². The Kier molecular flexibility index (Phi) is 5.95. The maximum absolute atomic E-state index is 12.4. The van der Waals surface area contributed by atoms with Crippen LogP contribution in [-0.4, -0.2) is 47.0 Å². The molecule has 1 aliphatic rings. The number of nitrogens with zero attached hydrogens (tertiary/aromatic N) is 2. The molecule has 1 heterocycles. The lowest BCUT2D eigenvalue weighted by Crippen LogP contribution is -2.48. The largest absolute Gasteiger partial charge is 0.508 e. The zero-order valence-electron chi connectivity index (χ0n) is 14.2. The number of aryl methyl sites for hydroxylation is 1. The number of hydrogen-bond donors (Lipinski definition) is 1. The summed E-state index contributed by atoms with van der Waals surface area (Å²) in [5, 5.41) is 10.5. The Labute approximate surface area is 153 Å². The lowest BCUT2D eigenvalue weighted by Gasteiger charge is -2.35. The first-order valence-electron chi connectivity index (χ1n) is 8.63.